The Bertz CT molecular complexity index is 669. The Balaban J connectivity index is 2.46. The van der Waals surface area contributed by atoms with Crippen molar-refractivity contribution in [2.24, 2.45) is 5.92 Å². The Kier molecular flexibility index (Phi) is 3.89. The van der Waals surface area contributed by atoms with E-state index in [4.69, 9.17) is 0 Å². The summed E-state index contributed by atoms with van der Waals surface area (Å²) in [7, 11) is 0. The first-order valence-electron chi connectivity index (χ1n) is 5.71. The summed E-state index contributed by atoms with van der Waals surface area (Å²) >= 11 is 1.07. The lowest BCUT2D eigenvalue weighted by molar-refractivity contribution is -0.383. The second-order valence-corrected chi connectivity index (χ2v) is 5.61. The van der Waals surface area contributed by atoms with E-state index >= 15 is 0 Å². The lowest BCUT2D eigenvalue weighted by atomic mass is 10.1. The molecule has 9 heteroatoms. The van der Waals surface area contributed by atoms with Gasteiger partial charge in [0, 0.05) is 11.0 Å². The lowest BCUT2D eigenvalue weighted by Gasteiger charge is -2.15. The summed E-state index contributed by atoms with van der Waals surface area (Å²) < 4.78 is 4.53. The first-order valence-corrected chi connectivity index (χ1v) is 6.59. The summed E-state index contributed by atoms with van der Waals surface area (Å²) in [6, 6.07) is 2.74. The van der Waals surface area contributed by atoms with E-state index in [1.165, 1.54) is 12.1 Å². The van der Waals surface area contributed by atoms with Gasteiger partial charge in [-0.05, 0) is 22.3 Å². The molecule has 0 aliphatic carbocycles. The van der Waals surface area contributed by atoms with Crippen molar-refractivity contribution in [2.75, 3.05) is 0 Å². The second-order valence-electron chi connectivity index (χ2n) is 4.42. The molecule has 0 bridgehead atoms. The Morgan fingerprint density at radius 3 is 2.60 bits per heavy atom. The predicted molar refractivity (Wildman–Crippen MR) is 70.6 cm³/mol. The van der Waals surface area contributed by atoms with Gasteiger partial charge in [0.25, 0.3) is 0 Å². The Morgan fingerprint density at radius 2 is 2.05 bits per heavy atom. The highest BCUT2D eigenvalue weighted by Gasteiger charge is 2.26. The molecule has 0 radical (unpaired) electrons. The number of carbonyl (C=O) groups is 1. The minimum atomic E-state index is -0.951. The molecule has 0 saturated carbocycles. The van der Waals surface area contributed by atoms with Crippen molar-refractivity contribution in [3.8, 4) is 0 Å². The van der Waals surface area contributed by atoms with E-state index in [1.807, 2.05) is 0 Å². The number of hydrogen-bond donors (Lipinski definition) is 1. The maximum Gasteiger partial charge on any atom is 0.317 e. The monoisotopic (exact) mass is 297 g/mol. The van der Waals surface area contributed by atoms with Gasteiger partial charge < -0.3 is 5.11 Å². The van der Waals surface area contributed by atoms with E-state index in [9.17, 15) is 20.0 Å². The third-order valence-corrected chi connectivity index (χ3v) is 4.24. The zero-order chi connectivity index (χ0) is 14.9. The number of aliphatic carboxylic acids is 1. The molecule has 1 heterocycles. The molecule has 20 heavy (non-hydrogen) atoms. The fraction of sp³-hybridized carbons (Fsp3) is 0.364. The highest BCUT2D eigenvalue weighted by atomic mass is 32.2. The van der Waals surface area contributed by atoms with Crippen LogP contribution in [0.5, 0.6) is 0 Å². The van der Waals surface area contributed by atoms with Crippen LogP contribution in [0.4, 0.5) is 5.69 Å². The van der Waals surface area contributed by atoms with E-state index in [0.717, 1.165) is 11.8 Å². The van der Waals surface area contributed by atoms with Crippen molar-refractivity contribution in [2.45, 2.75) is 24.0 Å². The molecule has 1 aromatic heterocycles. The van der Waals surface area contributed by atoms with Crippen molar-refractivity contribution >= 4 is 34.5 Å². The summed E-state index contributed by atoms with van der Waals surface area (Å²) in [6.07, 6.45) is 0. The summed E-state index contributed by atoms with van der Waals surface area (Å²) in [5, 5.41) is 26.5. The van der Waals surface area contributed by atoms with Crippen molar-refractivity contribution in [1.29, 1.82) is 0 Å². The van der Waals surface area contributed by atoms with Crippen LogP contribution in [0.1, 0.15) is 13.8 Å². The van der Waals surface area contributed by atoms with Crippen LogP contribution in [0.3, 0.4) is 0 Å². The molecule has 2 aromatic rings. The van der Waals surface area contributed by atoms with E-state index in [1.54, 1.807) is 13.8 Å². The predicted octanol–water partition coefficient (Wildman–Crippen LogP) is 2.33. The molecule has 0 aliphatic rings. The van der Waals surface area contributed by atoms with Crippen LogP contribution in [-0.4, -0.2) is 31.6 Å². The van der Waals surface area contributed by atoms with Crippen LogP contribution in [0.15, 0.2) is 21.7 Å². The van der Waals surface area contributed by atoms with Crippen LogP contribution >= 0.6 is 11.8 Å². The number of rotatable bonds is 5. The molecular weight excluding hydrogens is 286 g/mol. The molecular formula is C11H11N3O5S. The largest absolute Gasteiger partial charge is 0.480 e. The van der Waals surface area contributed by atoms with E-state index in [2.05, 4.69) is 14.9 Å². The van der Waals surface area contributed by atoms with Gasteiger partial charge in [0.15, 0.2) is 5.52 Å². The number of aromatic nitrogens is 2. The van der Waals surface area contributed by atoms with E-state index in [-0.39, 0.29) is 22.6 Å². The first kappa shape index (κ1) is 14.3. The highest BCUT2D eigenvalue weighted by molar-refractivity contribution is 8.00. The zero-order valence-electron chi connectivity index (χ0n) is 10.6. The number of benzene rings is 1. The molecule has 1 unspecified atom stereocenters. The van der Waals surface area contributed by atoms with Crippen molar-refractivity contribution in [1.82, 2.24) is 10.3 Å². The Labute approximate surface area is 117 Å². The fourth-order valence-electron chi connectivity index (χ4n) is 1.68. The molecule has 1 aromatic carbocycles. The number of non-ortho nitro benzene ring substituents is 1. The molecule has 0 fully saturated rings. The minimum Gasteiger partial charge on any atom is -0.480 e. The third kappa shape index (κ3) is 2.57. The van der Waals surface area contributed by atoms with Gasteiger partial charge in [0.05, 0.1) is 4.92 Å². The van der Waals surface area contributed by atoms with Gasteiger partial charge in [-0.1, -0.05) is 13.8 Å². The normalized spacial score (nSPS) is 12.8. The summed E-state index contributed by atoms with van der Waals surface area (Å²) in [6.45, 7) is 3.57. The molecule has 8 nitrogen and oxygen atoms in total. The standard InChI is InChI=1S/C11H11N3O5S/c1-5(2)10(11(15)16)20-7-4-3-6(14(17)18)8-9(7)13-19-12-8/h3-5,10H,1-2H3,(H,15,16). The molecule has 0 spiro atoms. The van der Waals surface area contributed by atoms with Gasteiger partial charge in [-0.15, -0.1) is 11.8 Å². The number of nitro benzene ring substituents is 1. The van der Waals surface area contributed by atoms with Gasteiger partial charge in [0.2, 0.25) is 5.52 Å². The van der Waals surface area contributed by atoms with Crippen LogP contribution in [0.2, 0.25) is 0 Å². The molecule has 1 N–H and O–H groups in total. The van der Waals surface area contributed by atoms with Crippen LogP contribution in [-0.2, 0) is 4.79 Å². The second kappa shape index (κ2) is 5.45. The van der Waals surface area contributed by atoms with Gasteiger partial charge in [0.1, 0.15) is 5.25 Å². The Hall–Kier alpha value is -2.16. The average Bonchev–Trinajstić information content (AvgIpc) is 2.83. The number of nitrogens with zero attached hydrogens (tertiary/aromatic N) is 3. The lowest BCUT2D eigenvalue weighted by Crippen LogP contribution is -2.22. The summed E-state index contributed by atoms with van der Waals surface area (Å²) in [5.41, 5.74) is 0.00557. The topological polar surface area (TPSA) is 119 Å². The molecule has 0 aliphatic heterocycles. The van der Waals surface area contributed by atoms with Crippen LogP contribution in [0, 0.1) is 16.0 Å². The highest BCUT2D eigenvalue weighted by Crippen LogP contribution is 2.35. The number of hydrogen-bond acceptors (Lipinski definition) is 7. The quantitative estimate of drug-likeness (QED) is 0.507. The summed E-state index contributed by atoms with van der Waals surface area (Å²) in [5.74, 6) is -1.06. The van der Waals surface area contributed by atoms with E-state index in [0.29, 0.717) is 4.90 Å². The maximum atomic E-state index is 11.2. The molecule has 0 amide bonds. The zero-order valence-corrected chi connectivity index (χ0v) is 11.5. The van der Waals surface area contributed by atoms with Gasteiger partial charge >= 0.3 is 11.7 Å². The molecule has 2 rings (SSSR count). The molecule has 0 saturated heterocycles. The third-order valence-electron chi connectivity index (χ3n) is 2.66. The number of thioether (sulfide) groups is 1. The molecule has 1 atom stereocenters. The van der Waals surface area contributed by atoms with Crippen LogP contribution < -0.4 is 0 Å². The summed E-state index contributed by atoms with van der Waals surface area (Å²) in [4.78, 5) is 22.0. The smallest absolute Gasteiger partial charge is 0.317 e. The fourth-order valence-corrected chi connectivity index (χ4v) is 2.72. The van der Waals surface area contributed by atoms with Gasteiger partial charge in [-0.3, -0.25) is 14.9 Å². The number of carboxylic acid groups (broad SMARTS) is 1. The minimum absolute atomic E-state index is 0.0212. The first-order chi connectivity index (χ1) is 9.41. The Morgan fingerprint density at radius 1 is 1.40 bits per heavy atom. The SMILES string of the molecule is CC(C)C(Sc1ccc([N+](=O)[O-])c2nonc12)C(=O)O. The van der Waals surface area contributed by atoms with Crippen molar-refractivity contribution in [3.05, 3.63) is 22.2 Å². The maximum absolute atomic E-state index is 11.2. The van der Waals surface area contributed by atoms with Crippen molar-refractivity contribution < 1.29 is 19.5 Å². The van der Waals surface area contributed by atoms with Crippen LogP contribution in [0.25, 0.3) is 11.0 Å². The number of carboxylic acids is 1. The van der Waals surface area contributed by atoms with E-state index < -0.39 is 16.1 Å². The van der Waals surface area contributed by atoms with Gasteiger partial charge in [-0.25, -0.2) is 4.63 Å². The average molecular weight is 297 g/mol. The van der Waals surface area contributed by atoms with Crippen molar-refractivity contribution in [3.63, 3.8) is 0 Å². The number of fused-ring (bicyclic) bond motifs is 1. The number of nitro groups is 1. The molecule has 106 valence electrons. The van der Waals surface area contributed by atoms with Gasteiger partial charge in [-0.2, -0.15) is 0 Å².